The molecule has 1 aliphatic rings. The number of aromatic nitrogens is 2. The molecule has 6 nitrogen and oxygen atoms in total. The lowest BCUT2D eigenvalue weighted by Gasteiger charge is -2.39. The van der Waals surface area contributed by atoms with E-state index in [0.29, 0.717) is 11.3 Å². The van der Waals surface area contributed by atoms with Crippen LogP contribution < -0.4 is 0 Å². The second-order valence-electron chi connectivity index (χ2n) is 5.68. The van der Waals surface area contributed by atoms with Crippen LogP contribution in [0.15, 0.2) is 36.3 Å². The van der Waals surface area contributed by atoms with Gasteiger partial charge in [0, 0.05) is 17.7 Å². The van der Waals surface area contributed by atoms with Crippen molar-refractivity contribution in [2.45, 2.75) is 20.8 Å². The highest BCUT2D eigenvalue weighted by molar-refractivity contribution is 6.01. The Hall–Kier alpha value is -2.50. The van der Waals surface area contributed by atoms with E-state index in [1.807, 2.05) is 0 Å². The summed E-state index contributed by atoms with van der Waals surface area (Å²) in [6.45, 7) is 5.20. The summed E-state index contributed by atoms with van der Waals surface area (Å²) in [5.74, 6) is -3.08. The van der Waals surface area contributed by atoms with E-state index in [9.17, 15) is 19.8 Å². The molecule has 1 aromatic heterocycles. The molecule has 1 aromatic rings. The van der Waals surface area contributed by atoms with Gasteiger partial charge in [0.2, 0.25) is 0 Å². The van der Waals surface area contributed by atoms with Gasteiger partial charge in [0.25, 0.3) is 0 Å². The Morgan fingerprint density at radius 3 is 2.45 bits per heavy atom. The number of carboxylic acids is 2. The molecule has 1 heterocycles. The zero-order valence-corrected chi connectivity index (χ0v) is 12.6. The molecule has 0 aromatic carbocycles. The Kier molecular flexibility index (Phi) is 4.12. The van der Waals surface area contributed by atoms with Gasteiger partial charge in [-0.15, -0.1) is 0 Å². The first-order chi connectivity index (χ1) is 10.3. The minimum Gasteiger partial charge on any atom is -0.481 e. The van der Waals surface area contributed by atoms with Crippen molar-refractivity contribution in [3.8, 4) is 0 Å². The highest BCUT2D eigenvalue weighted by Gasteiger charge is 2.49. The van der Waals surface area contributed by atoms with Crippen molar-refractivity contribution in [2.75, 3.05) is 0 Å². The summed E-state index contributed by atoms with van der Waals surface area (Å²) >= 11 is 0. The lowest BCUT2D eigenvalue weighted by atomic mass is 9.62. The van der Waals surface area contributed by atoms with Gasteiger partial charge in [0.15, 0.2) is 0 Å². The summed E-state index contributed by atoms with van der Waals surface area (Å²) in [6.07, 6.45) is 6.01. The number of aliphatic carboxylic acids is 2. The van der Waals surface area contributed by atoms with Gasteiger partial charge in [0.05, 0.1) is 16.7 Å². The number of hydrogen-bond acceptors (Lipinski definition) is 4. The quantitative estimate of drug-likeness (QED) is 0.884. The molecule has 22 heavy (non-hydrogen) atoms. The van der Waals surface area contributed by atoms with E-state index in [1.54, 1.807) is 39.0 Å². The fourth-order valence-electron chi connectivity index (χ4n) is 3.10. The fraction of sp³-hybridized carbons (Fsp3) is 0.375. The van der Waals surface area contributed by atoms with Gasteiger partial charge in [-0.3, -0.25) is 4.79 Å². The SMILES string of the molecule is CC(C)C1(C(=O)O)C=CC(c2ccncn2)=C(C(=O)O)C1C. The highest BCUT2D eigenvalue weighted by Crippen LogP contribution is 2.47. The van der Waals surface area contributed by atoms with Gasteiger partial charge in [-0.1, -0.05) is 32.9 Å². The van der Waals surface area contributed by atoms with E-state index in [1.165, 1.54) is 12.5 Å². The molecule has 6 heteroatoms. The molecule has 0 radical (unpaired) electrons. The summed E-state index contributed by atoms with van der Waals surface area (Å²) in [6, 6.07) is 1.61. The Balaban J connectivity index is 2.67. The third-order valence-corrected chi connectivity index (χ3v) is 4.38. The number of hydrogen-bond donors (Lipinski definition) is 2. The summed E-state index contributed by atoms with van der Waals surface area (Å²) in [4.78, 5) is 31.5. The minimum atomic E-state index is -1.25. The normalized spacial score (nSPS) is 24.6. The van der Waals surface area contributed by atoms with E-state index >= 15 is 0 Å². The van der Waals surface area contributed by atoms with Crippen LogP contribution in [0.25, 0.3) is 5.57 Å². The number of carbonyl (C=O) groups is 2. The molecule has 1 aliphatic carbocycles. The predicted molar refractivity (Wildman–Crippen MR) is 79.8 cm³/mol. The molecular formula is C16H18N2O4. The van der Waals surface area contributed by atoms with Crippen molar-refractivity contribution in [3.63, 3.8) is 0 Å². The topological polar surface area (TPSA) is 100 Å². The second kappa shape index (κ2) is 5.71. The fourth-order valence-corrected chi connectivity index (χ4v) is 3.10. The molecule has 0 spiro atoms. The van der Waals surface area contributed by atoms with Crippen LogP contribution in [0.4, 0.5) is 0 Å². The lowest BCUT2D eigenvalue weighted by Crippen LogP contribution is -2.44. The number of nitrogens with zero attached hydrogens (tertiary/aromatic N) is 2. The highest BCUT2D eigenvalue weighted by atomic mass is 16.4. The summed E-state index contributed by atoms with van der Waals surface area (Å²) in [5.41, 5.74) is -0.278. The minimum absolute atomic E-state index is 0.0669. The third kappa shape index (κ3) is 2.30. The van der Waals surface area contributed by atoms with Gasteiger partial charge in [-0.2, -0.15) is 0 Å². The molecule has 0 amide bonds. The first-order valence-electron chi connectivity index (χ1n) is 6.98. The van der Waals surface area contributed by atoms with Crippen molar-refractivity contribution >= 4 is 17.5 Å². The molecule has 2 unspecified atom stereocenters. The molecule has 2 rings (SSSR count). The average Bonchev–Trinajstić information content (AvgIpc) is 2.46. The molecule has 2 atom stereocenters. The molecule has 0 aliphatic heterocycles. The van der Waals surface area contributed by atoms with Gasteiger partial charge < -0.3 is 10.2 Å². The maximum absolute atomic E-state index is 11.8. The van der Waals surface area contributed by atoms with Crippen molar-refractivity contribution in [2.24, 2.45) is 17.3 Å². The van der Waals surface area contributed by atoms with Crippen LogP contribution in [-0.2, 0) is 9.59 Å². The molecule has 116 valence electrons. The molecule has 0 saturated heterocycles. The predicted octanol–water partition coefficient (Wildman–Crippen LogP) is 2.25. The van der Waals surface area contributed by atoms with Gasteiger partial charge in [0.1, 0.15) is 6.33 Å². The van der Waals surface area contributed by atoms with Crippen LogP contribution in [0.5, 0.6) is 0 Å². The van der Waals surface area contributed by atoms with E-state index < -0.39 is 23.3 Å². The van der Waals surface area contributed by atoms with Crippen LogP contribution in [-0.4, -0.2) is 32.1 Å². The third-order valence-electron chi connectivity index (χ3n) is 4.38. The molecule has 0 fully saturated rings. The number of carboxylic acid groups (broad SMARTS) is 2. The van der Waals surface area contributed by atoms with E-state index in [2.05, 4.69) is 9.97 Å². The van der Waals surface area contributed by atoms with Crippen LogP contribution in [0.1, 0.15) is 26.5 Å². The summed E-state index contributed by atoms with van der Waals surface area (Å²) < 4.78 is 0. The van der Waals surface area contributed by atoms with Gasteiger partial charge in [-0.25, -0.2) is 14.8 Å². The lowest BCUT2D eigenvalue weighted by molar-refractivity contribution is -0.151. The van der Waals surface area contributed by atoms with E-state index in [0.717, 1.165) is 0 Å². The Morgan fingerprint density at radius 2 is 2.00 bits per heavy atom. The molecule has 0 saturated carbocycles. The van der Waals surface area contributed by atoms with E-state index in [-0.39, 0.29) is 11.5 Å². The Labute approximate surface area is 128 Å². The molecule has 0 bridgehead atoms. The van der Waals surface area contributed by atoms with Crippen LogP contribution in [0.2, 0.25) is 0 Å². The summed E-state index contributed by atoms with van der Waals surface area (Å²) in [5, 5.41) is 19.3. The van der Waals surface area contributed by atoms with Crippen LogP contribution in [0, 0.1) is 17.3 Å². The van der Waals surface area contributed by atoms with Crippen LogP contribution in [0.3, 0.4) is 0 Å². The largest absolute Gasteiger partial charge is 0.481 e. The van der Waals surface area contributed by atoms with Gasteiger partial charge in [-0.05, 0) is 12.0 Å². The first kappa shape index (κ1) is 15.9. The first-order valence-corrected chi connectivity index (χ1v) is 6.98. The smallest absolute Gasteiger partial charge is 0.332 e. The summed E-state index contributed by atoms with van der Waals surface area (Å²) in [7, 11) is 0. The maximum Gasteiger partial charge on any atom is 0.332 e. The zero-order valence-electron chi connectivity index (χ0n) is 12.6. The van der Waals surface area contributed by atoms with Crippen molar-refractivity contribution < 1.29 is 19.8 Å². The monoisotopic (exact) mass is 302 g/mol. The molecular weight excluding hydrogens is 284 g/mol. The zero-order chi connectivity index (χ0) is 16.5. The van der Waals surface area contributed by atoms with Crippen LogP contribution >= 0.6 is 0 Å². The standard InChI is InChI=1S/C16H18N2O4/c1-9(2)16(15(21)22)6-4-11(12-5-7-17-8-18-12)13(10(16)3)14(19)20/h4-10H,1-3H3,(H,19,20)(H,21,22). The number of rotatable bonds is 4. The van der Waals surface area contributed by atoms with Gasteiger partial charge >= 0.3 is 11.9 Å². The second-order valence-corrected chi connectivity index (χ2v) is 5.68. The number of allylic oxidation sites excluding steroid dienone is 2. The van der Waals surface area contributed by atoms with Crippen molar-refractivity contribution in [3.05, 3.63) is 42.0 Å². The van der Waals surface area contributed by atoms with E-state index in [4.69, 9.17) is 0 Å². The maximum atomic E-state index is 11.8. The molecule has 2 N–H and O–H groups in total. The Bertz CT molecular complexity index is 664. The van der Waals surface area contributed by atoms with Crippen molar-refractivity contribution in [1.29, 1.82) is 0 Å². The Morgan fingerprint density at radius 1 is 1.32 bits per heavy atom. The average molecular weight is 302 g/mol. The van der Waals surface area contributed by atoms with Crippen molar-refractivity contribution in [1.82, 2.24) is 9.97 Å².